The van der Waals surface area contributed by atoms with E-state index in [2.05, 4.69) is 78.3 Å². The zero-order valence-electron chi connectivity index (χ0n) is 23.7. The quantitative estimate of drug-likeness (QED) is 0.282. The van der Waals surface area contributed by atoms with Crippen molar-refractivity contribution in [3.05, 3.63) is 94.0 Å². The van der Waals surface area contributed by atoms with Crippen molar-refractivity contribution in [2.75, 3.05) is 13.1 Å². The number of hydrogen-bond donors (Lipinski definition) is 1. The molecule has 4 heteroatoms. The summed E-state index contributed by atoms with van der Waals surface area (Å²) < 4.78 is 0. The van der Waals surface area contributed by atoms with Gasteiger partial charge in [-0.05, 0) is 97.5 Å². The minimum Gasteiger partial charge on any atom is -0.338 e. The number of aryl methyl sites for hydroxylation is 1. The minimum atomic E-state index is 0.236. The molecule has 2 aliphatic carbocycles. The van der Waals surface area contributed by atoms with Crippen molar-refractivity contribution in [2.45, 2.75) is 70.8 Å². The number of halogens is 1. The van der Waals surface area contributed by atoms with Gasteiger partial charge in [-0.25, -0.2) is 4.98 Å². The maximum Gasteiger partial charge on any atom is 0.138 e. The summed E-state index contributed by atoms with van der Waals surface area (Å²) in [5, 5.41) is 0.729. The van der Waals surface area contributed by atoms with E-state index in [9.17, 15) is 0 Å². The van der Waals surface area contributed by atoms with Gasteiger partial charge in [0.05, 0.1) is 11.0 Å². The number of hydrogen-bond acceptors (Lipinski definition) is 2. The number of nitrogens with one attached hydrogen (secondary N) is 1. The van der Waals surface area contributed by atoms with Gasteiger partial charge in [-0.1, -0.05) is 80.9 Å². The Morgan fingerprint density at radius 1 is 1.03 bits per heavy atom. The van der Waals surface area contributed by atoms with Gasteiger partial charge in [-0.2, -0.15) is 0 Å². The van der Waals surface area contributed by atoms with Crippen LogP contribution in [0.1, 0.15) is 74.6 Å². The lowest BCUT2D eigenvalue weighted by molar-refractivity contribution is 0.0898. The van der Waals surface area contributed by atoms with E-state index in [4.69, 9.17) is 16.6 Å². The molecule has 3 aromatic carbocycles. The van der Waals surface area contributed by atoms with Gasteiger partial charge in [0.2, 0.25) is 0 Å². The second-order valence-electron chi connectivity index (χ2n) is 11.6. The van der Waals surface area contributed by atoms with Crippen LogP contribution >= 0.6 is 11.6 Å². The van der Waals surface area contributed by atoms with Gasteiger partial charge >= 0.3 is 0 Å². The first-order valence-corrected chi connectivity index (χ1v) is 15.2. The molecule has 1 saturated heterocycles. The van der Waals surface area contributed by atoms with E-state index in [1.54, 1.807) is 5.56 Å². The van der Waals surface area contributed by atoms with Gasteiger partial charge in [0, 0.05) is 28.6 Å². The van der Waals surface area contributed by atoms with Crippen LogP contribution in [-0.4, -0.2) is 34.0 Å². The summed E-state index contributed by atoms with van der Waals surface area (Å²) in [6.45, 7) is 11.1. The monoisotopic (exact) mass is 537 g/mol. The van der Waals surface area contributed by atoms with Crippen molar-refractivity contribution < 1.29 is 0 Å². The first kappa shape index (κ1) is 26.3. The van der Waals surface area contributed by atoms with Crippen molar-refractivity contribution >= 4 is 28.7 Å². The summed E-state index contributed by atoms with van der Waals surface area (Å²) in [5.41, 5.74) is 9.18. The van der Waals surface area contributed by atoms with E-state index in [1.165, 1.54) is 55.5 Å². The standard InChI is InChI=1S/C33H34ClN3.C2H6/c1-21-17-25(32-35-30-12-9-26(34)19-31(30)36-32)8-11-28(21)24-7-10-27(18-24)37-16-15-33(22(2)20-37)14-13-23-5-3-4-6-29(23)33;1-2/h3-6,8-9,11-14,17,19,22,24,27H,7,10,15-16,18,20H2,1-2H3,(H,35,36);1-2H3. The third kappa shape index (κ3) is 4.64. The number of fused-ring (bicyclic) bond motifs is 3. The third-order valence-corrected chi connectivity index (χ3v) is 9.81. The number of rotatable bonds is 3. The fraction of sp³-hybridized carbons (Fsp3) is 0.400. The molecule has 1 saturated carbocycles. The second kappa shape index (κ2) is 10.6. The van der Waals surface area contributed by atoms with Crippen LogP contribution in [0.25, 0.3) is 28.5 Å². The summed E-state index contributed by atoms with van der Waals surface area (Å²) in [6, 6.07) is 22.4. The van der Waals surface area contributed by atoms with E-state index in [0.717, 1.165) is 27.4 Å². The minimum absolute atomic E-state index is 0.236. The fourth-order valence-corrected chi connectivity index (χ4v) is 7.70. The average Bonchev–Trinajstić information content (AvgIpc) is 3.69. The van der Waals surface area contributed by atoms with Crippen molar-refractivity contribution in [1.82, 2.24) is 14.9 Å². The topological polar surface area (TPSA) is 31.9 Å². The summed E-state index contributed by atoms with van der Waals surface area (Å²) in [7, 11) is 0. The molecule has 1 N–H and O–H groups in total. The van der Waals surface area contributed by atoms with Crippen molar-refractivity contribution in [3.8, 4) is 11.4 Å². The smallest absolute Gasteiger partial charge is 0.138 e. The number of H-pyrrole nitrogens is 1. The third-order valence-electron chi connectivity index (χ3n) is 9.57. The highest BCUT2D eigenvalue weighted by atomic mass is 35.5. The average molecular weight is 538 g/mol. The summed E-state index contributed by atoms with van der Waals surface area (Å²) >= 11 is 6.17. The van der Waals surface area contributed by atoms with E-state index in [1.807, 2.05) is 32.0 Å². The molecule has 202 valence electrons. The van der Waals surface area contributed by atoms with Gasteiger partial charge in [-0.3, -0.25) is 0 Å². The Morgan fingerprint density at radius 2 is 1.87 bits per heavy atom. The second-order valence-corrected chi connectivity index (χ2v) is 12.0. The Labute approximate surface area is 238 Å². The first-order chi connectivity index (χ1) is 19.0. The molecule has 4 atom stereocenters. The van der Waals surface area contributed by atoms with Crippen LogP contribution in [-0.2, 0) is 5.41 Å². The summed E-state index contributed by atoms with van der Waals surface area (Å²) in [4.78, 5) is 11.0. The molecule has 0 radical (unpaired) electrons. The van der Waals surface area contributed by atoms with Gasteiger partial charge in [0.25, 0.3) is 0 Å². The lowest BCUT2D eigenvalue weighted by Crippen LogP contribution is -2.50. The maximum atomic E-state index is 6.17. The van der Waals surface area contributed by atoms with Crippen LogP contribution in [0.15, 0.2) is 66.7 Å². The van der Waals surface area contributed by atoms with Crippen LogP contribution < -0.4 is 0 Å². The number of aromatic amines is 1. The Kier molecular flexibility index (Phi) is 7.16. The zero-order chi connectivity index (χ0) is 27.1. The molecule has 3 aliphatic rings. The van der Waals surface area contributed by atoms with Crippen LogP contribution in [0.4, 0.5) is 0 Å². The Balaban J connectivity index is 0.00000135. The normalized spacial score (nSPS) is 26.1. The number of imidazole rings is 1. The zero-order valence-corrected chi connectivity index (χ0v) is 24.4. The van der Waals surface area contributed by atoms with Crippen LogP contribution in [0, 0.1) is 12.8 Å². The van der Waals surface area contributed by atoms with Gasteiger partial charge in [0.15, 0.2) is 0 Å². The molecule has 1 aromatic heterocycles. The van der Waals surface area contributed by atoms with E-state index in [0.29, 0.717) is 17.9 Å². The van der Waals surface area contributed by atoms with E-state index in [-0.39, 0.29) is 5.41 Å². The van der Waals surface area contributed by atoms with Crippen LogP contribution in [0.5, 0.6) is 0 Å². The summed E-state index contributed by atoms with van der Waals surface area (Å²) in [5.74, 6) is 2.20. The molecule has 39 heavy (non-hydrogen) atoms. The van der Waals surface area contributed by atoms with E-state index >= 15 is 0 Å². The molecular weight excluding hydrogens is 498 g/mol. The lowest BCUT2D eigenvalue weighted by atomic mass is 9.68. The number of piperidine rings is 1. The Morgan fingerprint density at radius 3 is 2.69 bits per heavy atom. The number of nitrogens with zero attached hydrogens (tertiary/aromatic N) is 2. The highest BCUT2D eigenvalue weighted by Gasteiger charge is 2.45. The molecule has 3 nitrogen and oxygen atoms in total. The molecule has 7 rings (SSSR count). The molecule has 4 aromatic rings. The highest BCUT2D eigenvalue weighted by Crippen LogP contribution is 2.48. The predicted molar refractivity (Wildman–Crippen MR) is 166 cm³/mol. The molecule has 2 heterocycles. The predicted octanol–water partition coefficient (Wildman–Crippen LogP) is 9.16. The van der Waals surface area contributed by atoms with Gasteiger partial charge < -0.3 is 9.88 Å². The molecule has 1 spiro atoms. The van der Waals surface area contributed by atoms with Crippen molar-refractivity contribution in [2.24, 2.45) is 5.92 Å². The number of likely N-dealkylation sites (tertiary alicyclic amines) is 1. The Hall–Kier alpha value is -2.88. The van der Waals surface area contributed by atoms with E-state index < -0.39 is 0 Å². The Bertz CT molecular complexity index is 1520. The van der Waals surface area contributed by atoms with Crippen LogP contribution in [0.2, 0.25) is 5.02 Å². The number of allylic oxidation sites excluding steroid dienone is 1. The van der Waals surface area contributed by atoms with Gasteiger partial charge in [-0.15, -0.1) is 0 Å². The van der Waals surface area contributed by atoms with Crippen LogP contribution in [0.3, 0.4) is 0 Å². The largest absolute Gasteiger partial charge is 0.338 e. The lowest BCUT2D eigenvalue weighted by Gasteiger charge is -2.46. The number of aromatic nitrogens is 2. The van der Waals surface area contributed by atoms with Crippen molar-refractivity contribution in [3.63, 3.8) is 0 Å². The first-order valence-electron chi connectivity index (χ1n) is 14.8. The molecule has 0 amide bonds. The van der Waals surface area contributed by atoms with Crippen molar-refractivity contribution in [1.29, 1.82) is 0 Å². The fourth-order valence-electron chi connectivity index (χ4n) is 7.53. The molecule has 1 aliphatic heterocycles. The highest BCUT2D eigenvalue weighted by molar-refractivity contribution is 6.31. The van der Waals surface area contributed by atoms with Gasteiger partial charge in [0.1, 0.15) is 5.82 Å². The maximum absolute atomic E-state index is 6.17. The SMILES string of the molecule is CC.Cc1cc(-c2nc3ccc(Cl)cc3[nH]2)ccc1C1CCC(N2CCC3(C=Cc4ccccc43)C(C)C2)C1. The molecular formula is C35H40ClN3. The molecule has 4 unspecified atom stereocenters. The number of benzene rings is 3. The molecule has 0 bridgehead atoms. The molecule has 2 fully saturated rings. The summed E-state index contributed by atoms with van der Waals surface area (Å²) in [6.07, 6.45) is 9.97.